The Hall–Kier alpha value is -1.99. The zero-order valence-electron chi connectivity index (χ0n) is 13.6. The van der Waals surface area contributed by atoms with E-state index in [4.69, 9.17) is 11.6 Å². The van der Waals surface area contributed by atoms with E-state index in [1.165, 1.54) is 12.1 Å². The summed E-state index contributed by atoms with van der Waals surface area (Å²) in [4.78, 5) is 8.79. The molecule has 0 radical (unpaired) electrons. The first-order chi connectivity index (χ1) is 12.4. The quantitative estimate of drug-likeness (QED) is 0.585. The highest BCUT2D eigenvalue weighted by Crippen LogP contribution is 2.33. The van der Waals surface area contributed by atoms with Crippen molar-refractivity contribution in [1.29, 1.82) is 0 Å². The van der Waals surface area contributed by atoms with Crippen LogP contribution in [-0.2, 0) is 6.18 Å². The Labute approximate surface area is 157 Å². The highest BCUT2D eigenvalue weighted by molar-refractivity contribution is 7.22. The molecule has 1 aromatic heterocycles. The molecule has 0 saturated carbocycles. The van der Waals surface area contributed by atoms with Crippen molar-refractivity contribution in [3.05, 3.63) is 53.1 Å². The molecule has 8 heteroatoms. The molecule has 2 heterocycles. The van der Waals surface area contributed by atoms with Gasteiger partial charge in [-0.15, -0.1) is 0 Å². The van der Waals surface area contributed by atoms with E-state index in [0.717, 1.165) is 21.4 Å². The lowest BCUT2D eigenvalue weighted by molar-refractivity contribution is -0.137. The summed E-state index contributed by atoms with van der Waals surface area (Å²) in [5.74, 6) is 0. The van der Waals surface area contributed by atoms with Crippen LogP contribution in [0.1, 0.15) is 5.56 Å². The van der Waals surface area contributed by atoms with Gasteiger partial charge >= 0.3 is 6.18 Å². The van der Waals surface area contributed by atoms with Gasteiger partial charge in [-0.1, -0.05) is 29.0 Å². The SMILES string of the molecule is FC(F)(F)c1cccc(N2CCN(c3nc4ccc(Cl)cc4s3)CC2)c1. The van der Waals surface area contributed by atoms with Crippen molar-refractivity contribution in [3.63, 3.8) is 0 Å². The van der Waals surface area contributed by atoms with E-state index in [-0.39, 0.29) is 0 Å². The van der Waals surface area contributed by atoms with Gasteiger partial charge < -0.3 is 9.80 Å². The van der Waals surface area contributed by atoms with Crippen LogP contribution in [0, 0.1) is 0 Å². The monoisotopic (exact) mass is 397 g/mol. The van der Waals surface area contributed by atoms with Crippen molar-refractivity contribution >= 4 is 44.0 Å². The van der Waals surface area contributed by atoms with Gasteiger partial charge in [-0.25, -0.2) is 4.98 Å². The number of benzene rings is 2. The lowest BCUT2D eigenvalue weighted by atomic mass is 10.1. The molecule has 3 nitrogen and oxygen atoms in total. The number of aromatic nitrogens is 1. The van der Waals surface area contributed by atoms with Crippen molar-refractivity contribution in [2.45, 2.75) is 6.18 Å². The maximum absolute atomic E-state index is 12.9. The molecule has 1 saturated heterocycles. The standard InChI is InChI=1S/C18H15ClF3N3S/c19-13-4-5-15-16(11-13)26-17(23-15)25-8-6-24(7-9-25)14-3-1-2-12(10-14)18(20,21)22/h1-5,10-11H,6-9H2. The molecule has 1 aliphatic heterocycles. The van der Waals surface area contributed by atoms with E-state index in [1.54, 1.807) is 17.4 Å². The van der Waals surface area contributed by atoms with Gasteiger partial charge in [0.15, 0.2) is 5.13 Å². The van der Waals surface area contributed by atoms with E-state index < -0.39 is 11.7 Å². The molecule has 0 N–H and O–H groups in total. The van der Waals surface area contributed by atoms with Gasteiger partial charge in [0.1, 0.15) is 0 Å². The maximum Gasteiger partial charge on any atom is 0.416 e. The van der Waals surface area contributed by atoms with Crippen LogP contribution in [0.4, 0.5) is 24.0 Å². The first-order valence-electron chi connectivity index (χ1n) is 8.13. The molecule has 0 unspecified atom stereocenters. The Morgan fingerprint density at radius 3 is 2.42 bits per heavy atom. The second-order valence-corrected chi connectivity index (χ2v) is 7.58. The molecule has 0 aliphatic carbocycles. The third-order valence-electron chi connectivity index (χ3n) is 4.43. The average Bonchev–Trinajstić information content (AvgIpc) is 3.04. The molecule has 4 rings (SSSR count). The van der Waals surface area contributed by atoms with Crippen LogP contribution < -0.4 is 9.80 Å². The first kappa shape index (κ1) is 17.4. The molecule has 3 aromatic rings. The number of anilines is 2. The molecule has 0 amide bonds. The van der Waals surface area contributed by atoms with Gasteiger partial charge in [0.25, 0.3) is 0 Å². The number of nitrogens with zero attached hydrogens (tertiary/aromatic N) is 3. The fraction of sp³-hybridized carbons (Fsp3) is 0.278. The Morgan fingerprint density at radius 2 is 1.69 bits per heavy atom. The topological polar surface area (TPSA) is 19.4 Å². The van der Waals surface area contributed by atoms with E-state index >= 15 is 0 Å². The van der Waals surface area contributed by atoms with Crippen LogP contribution in [0.25, 0.3) is 10.2 Å². The molecule has 0 bridgehead atoms. The lowest BCUT2D eigenvalue weighted by Gasteiger charge is -2.36. The van der Waals surface area contributed by atoms with E-state index in [2.05, 4.69) is 9.88 Å². The number of piperazine rings is 1. The summed E-state index contributed by atoms with van der Waals surface area (Å²) in [6.07, 6.45) is -4.32. The molecule has 2 aromatic carbocycles. The van der Waals surface area contributed by atoms with Gasteiger partial charge in [-0.3, -0.25) is 0 Å². The molecule has 26 heavy (non-hydrogen) atoms. The maximum atomic E-state index is 12.9. The summed E-state index contributed by atoms with van der Waals surface area (Å²) in [5.41, 5.74) is 0.908. The minimum absolute atomic E-state index is 0.607. The Bertz CT molecular complexity index is 933. The minimum atomic E-state index is -4.32. The van der Waals surface area contributed by atoms with Gasteiger partial charge in [0.2, 0.25) is 0 Å². The van der Waals surface area contributed by atoms with Crippen LogP contribution in [0.2, 0.25) is 5.02 Å². The van der Waals surface area contributed by atoms with Crippen LogP contribution in [0.15, 0.2) is 42.5 Å². The molecular weight excluding hydrogens is 383 g/mol. The average molecular weight is 398 g/mol. The second-order valence-electron chi connectivity index (χ2n) is 6.13. The van der Waals surface area contributed by atoms with Crippen LogP contribution in [0.5, 0.6) is 0 Å². The number of alkyl halides is 3. The first-order valence-corrected chi connectivity index (χ1v) is 9.33. The third kappa shape index (κ3) is 3.46. The highest BCUT2D eigenvalue weighted by atomic mass is 35.5. The highest BCUT2D eigenvalue weighted by Gasteiger charge is 2.31. The summed E-state index contributed by atoms with van der Waals surface area (Å²) in [6.45, 7) is 2.73. The Kier molecular flexibility index (Phi) is 4.44. The predicted molar refractivity (Wildman–Crippen MR) is 101 cm³/mol. The Morgan fingerprint density at radius 1 is 0.962 bits per heavy atom. The number of halogens is 4. The van der Waals surface area contributed by atoms with E-state index in [0.29, 0.717) is 36.9 Å². The van der Waals surface area contributed by atoms with Gasteiger partial charge in [-0.05, 0) is 36.4 Å². The van der Waals surface area contributed by atoms with E-state index in [1.807, 2.05) is 23.1 Å². The normalized spacial score (nSPS) is 15.7. The summed E-state index contributed by atoms with van der Waals surface area (Å²) in [7, 11) is 0. The lowest BCUT2D eigenvalue weighted by Crippen LogP contribution is -2.46. The van der Waals surface area contributed by atoms with Crippen LogP contribution in [-0.4, -0.2) is 31.2 Å². The minimum Gasteiger partial charge on any atom is -0.368 e. The van der Waals surface area contributed by atoms with Crippen molar-refractivity contribution in [2.75, 3.05) is 36.0 Å². The summed E-state index contributed by atoms with van der Waals surface area (Å²) >= 11 is 7.61. The number of hydrogen-bond acceptors (Lipinski definition) is 4. The fourth-order valence-electron chi connectivity index (χ4n) is 3.06. The molecule has 136 valence electrons. The van der Waals surface area contributed by atoms with Crippen molar-refractivity contribution < 1.29 is 13.2 Å². The zero-order chi connectivity index (χ0) is 18.3. The number of thiazole rings is 1. The van der Waals surface area contributed by atoms with Crippen molar-refractivity contribution in [1.82, 2.24) is 4.98 Å². The smallest absolute Gasteiger partial charge is 0.368 e. The molecule has 0 atom stereocenters. The molecule has 1 aliphatic rings. The molecule has 0 spiro atoms. The van der Waals surface area contributed by atoms with Crippen molar-refractivity contribution in [2.24, 2.45) is 0 Å². The summed E-state index contributed by atoms with van der Waals surface area (Å²) in [6, 6.07) is 11.1. The van der Waals surface area contributed by atoms with Crippen LogP contribution >= 0.6 is 22.9 Å². The summed E-state index contributed by atoms with van der Waals surface area (Å²) in [5, 5.41) is 1.60. The number of hydrogen-bond donors (Lipinski definition) is 0. The van der Waals surface area contributed by atoms with Gasteiger partial charge in [0, 0.05) is 36.9 Å². The predicted octanol–water partition coefficient (Wildman–Crippen LogP) is 5.30. The molecule has 1 fully saturated rings. The van der Waals surface area contributed by atoms with Crippen LogP contribution in [0.3, 0.4) is 0 Å². The number of fused-ring (bicyclic) bond motifs is 1. The Balaban J connectivity index is 1.48. The van der Waals surface area contributed by atoms with E-state index in [9.17, 15) is 13.2 Å². The number of rotatable bonds is 2. The fourth-order valence-corrected chi connectivity index (χ4v) is 4.35. The third-order valence-corrected chi connectivity index (χ3v) is 5.74. The second kappa shape index (κ2) is 6.63. The summed E-state index contributed by atoms with van der Waals surface area (Å²) < 4.78 is 39.8. The van der Waals surface area contributed by atoms with Crippen molar-refractivity contribution in [3.8, 4) is 0 Å². The molecular formula is C18H15ClF3N3S. The van der Waals surface area contributed by atoms with Gasteiger partial charge in [0.05, 0.1) is 15.8 Å². The largest absolute Gasteiger partial charge is 0.416 e. The zero-order valence-corrected chi connectivity index (χ0v) is 15.2. The van der Waals surface area contributed by atoms with Gasteiger partial charge in [-0.2, -0.15) is 13.2 Å².